The smallest absolute Gasteiger partial charge is 0.273 e. The van der Waals surface area contributed by atoms with Crippen molar-refractivity contribution in [2.45, 2.75) is 12.1 Å². The second-order valence-electron chi connectivity index (χ2n) is 4.65. The standard InChI is InChI=1S/C13H17N3O5/c1-20-11-5-8(16(18)19)3-4-9(11)13(17)15-10-6-14-7-12(10)21-2/h3-5,10,12,14H,6-7H2,1-2H3,(H,15,17)/t10?,12-/m0/s1. The van der Waals surface area contributed by atoms with E-state index in [1.807, 2.05) is 0 Å². The number of carbonyl (C=O) groups is 1. The summed E-state index contributed by atoms with van der Waals surface area (Å²) in [5, 5.41) is 16.7. The Morgan fingerprint density at radius 1 is 1.43 bits per heavy atom. The number of methoxy groups -OCH3 is 2. The van der Waals surface area contributed by atoms with Crippen molar-refractivity contribution >= 4 is 11.6 Å². The molecular weight excluding hydrogens is 278 g/mol. The maximum atomic E-state index is 12.3. The monoisotopic (exact) mass is 295 g/mol. The van der Waals surface area contributed by atoms with Crippen molar-refractivity contribution in [2.75, 3.05) is 27.3 Å². The summed E-state index contributed by atoms with van der Waals surface area (Å²) in [6.45, 7) is 1.28. The SMILES string of the molecule is COc1cc([N+](=O)[O-])ccc1C(=O)NC1CNC[C@@H]1OC. The third-order valence-electron chi connectivity index (χ3n) is 3.42. The van der Waals surface area contributed by atoms with Crippen LogP contribution in [0.25, 0.3) is 0 Å². The number of ether oxygens (including phenoxy) is 2. The molecule has 0 aliphatic carbocycles. The van der Waals surface area contributed by atoms with Gasteiger partial charge >= 0.3 is 0 Å². The fraction of sp³-hybridized carbons (Fsp3) is 0.462. The van der Waals surface area contributed by atoms with Gasteiger partial charge in [-0.3, -0.25) is 14.9 Å². The first-order valence-electron chi connectivity index (χ1n) is 6.43. The topological polar surface area (TPSA) is 103 Å². The Hall–Kier alpha value is -2.19. The van der Waals surface area contributed by atoms with Crippen molar-refractivity contribution in [3.63, 3.8) is 0 Å². The highest BCUT2D eigenvalue weighted by atomic mass is 16.6. The summed E-state index contributed by atoms with van der Waals surface area (Å²) in [6, 6.07) is 3.74. The number of benzene rings is 1. The summed E-state index contributed by atoms with van der Waals surface area (Å²) in [4.78, 5) is 22.5. The first kappa shape index (κ1) is 15.2. The number of rotatable bonds is 5. The Kier molecular flexibility index (Phi) is 4.71. The molecule has 1 saturated heterocycles. The molecule has 8 heteroatoms. The average molecular weight is 295 g/mol. The van der Waals surface area contributed by atoms with Crippen molar-refractivity contribution in [1.29, 1.82) is 0 Å². The summed E-state index contributed by atoms with van der Waals surface area (Å²) in [5.74, 6) is -0.181. The van der Waals surface area contributed by atoms with Crippen LogP contribution in [0.4, 0.5) is 5.69 Å². The largest absolute Gasteiger partial charge is 0.496 e. The summed E-state index contributed by atoms with van der Waals surface area (Å²) < 4.78 is 10.3. The van der Waals surface area contributed by atoms with Crippen LogP contribution in [0.5, 0.6) is 5.75 Å². The van der Waals surface area contributed by atoms with Gasteiger partial charge in [-0.1, -0.05) is 0 Å². The highest BCUT2D eigenvalue weighted by Gasteiger charge is 2.29. The minimum absolute atomic E-state index is 0.0991. The molecule has 2 atom stereocenters. The zero-order chi connectivity index (χ0) is 15.4. The van der Waals surface area contributed by atoms with Crippen LogP contribution in [-0.2, 0) is 4.74 Å². The van der Waals surface area contributed by atoms with Gasteiger partial charge in [0.2, 0.25) is 0 Å². The van der Waals surface area contributed by atoms with Crippen LogP contribution in [-0.4, -0.2) is 50.3 Å². The lowest BCUT2D eigenvalue weighted by molar-refractivity contribution is -0.384. The van der Waals surface area contributed by atoms with E-state index in [2.05, 4.69) is 10.6 Å². The number of non-ortho nitro benzene ring substituents is 1. The van der Waals surface area contributed by atoms with Crippen LogP contribution in [0, 0.1) is 10.1 Å². The number of nitro benzene ring substituents is 1. The molecule has 1 aliphatic heterocycles. The molecule has 1 aliphatic rings. The lowest BCUT2D eigenvalue weighted by Crippen LogP contribution is -2.43. The van der Waals surface area contributed by atoms with Crippen molar-refractivity contribution in [3.05, 3.63) is 33.9 Å². The summed E-state index contributed by atoms with van der Waals surface area (Å²) in [5.41, 5.74) is 0.130. The molecule has 0 spiro atoms. The molecule has 1 aromatic carbocycles. The molecular formula is C13H17N3O5. The van der Waals surface area contributed by atoms with E-state index in [-0.39, 0.29) is 35.1 Å². The third kappa shape index (κ3) is 3.29. The number of nitrogens with one attached hydrogen (secondary N) is 2. The van der Waals surface area contributed by atoms with Gasteiger partial charge in [0.1, 0.15) is 5.75 Å². The average Bonchev–Trinajstić information content (AvgIpc) is 2.93. The number of hydrogen-bond acceptors (Lipinski definition) is 6. The molecule has 0 bridgehead atoms. The minimum Gasteiger partial charge on any atom is -0.496 e. The maximum Gasteiger partial charge on any atom is 0.273 e. The van der Waals surface area contributed by atoms with Gasteiger partial charge < -0.3 is 20.1 Å². The Balaban J connectivity index is 2.17. The number of nitro groups is 1. The number of amides is 1. The van der Waals surface area contributed by atoms with Crippen LogP contribution in [0.1, 0.15) is 10.4 Å². The van der Waals surface area contributed by atoms with Crippen molar-refractivity contribution in [2.24, 2.45) is 0 Å². The summed E-state index contributed by atoms with van der Waals surface area (Å²) >= 11 is 0. The van der Waals surface area contributed by atoms with Gasteiger partial charge in [0.05, 0.1) is 35.8 Å². The zero-order valence-corrected chi connectivity index (χ0v) is 11.8. The first-order chi connectivity index (χ1) is 10.1. The fourth-order valence-electron chi connectivity index (χ4n) is 2.27. The van der Waals surface area contributed by atoms with Gasteiger partial charge in [0.15, 0.2) is 0 Å². The van der Waals surface area contributed by atoms with Gasteiger partial charge in [-0.25, -0.2) is 0 Å². The predicted molar refractivity (Wildman–Crippen MR) is 74.6 cm³/mol. The van der Waals surface area contributed by atoms with E-state index < -0.39 is 4.92 Å². The van der Waals surface area contributed by atoms with E-state index >= 15 is 0 Å². The second-order valence-corrected chi connectivity index (χ2v) is 4.65. The quantitative estimate of drug-likeness (QED) is 0.599. The van der Waals surface area contributed by atoms with E-state index in [0.717, 1.165) is 0 Å². The van der Waals surface area contributed by atoms with E-state index in [1.165, 1.54) is 25.3 Å². The first-order valence-corrected chi connectivity index (χ1v) is 6.43. The summed E-state index contributed by atoms with van der Waals surface area (Å²) in [6.07, 6.45) is -0.0991. The molecule has 1 fully saturated rings. The molecule has 114 valence electrons. The van der Waals surface area contributed by atoms with Crippen LogP contribution in [0.15, 0.2) is 18.2 Å². The van der Waals surface area contributed by atoms with Crippen molar-refractivity contribution < 1.29 is 19.2 Å². The van der Waals surface area contributed by atoms with E-state index in [9.17, 15) is 14.9 Å². The molecule has 0 radical (unpaired) electrons. The molecule has 8 nitrogen and oxygen atoms in total. The van der Waals surface area contributed by atoms with Crippen molar-refractivity contribution in [3.8, 4) is 5.75 Å². The summed E-state index contributed by atoms with van der Waals surface area (Å²) in [7, 11) is 2.95. The van der Waals surface area contributed by atoms with E-state index in [0.29, 0.717) is 13.1 Å². The maximum absolute atomic E-state index is 12.3. The van der Waals surface area contributed by atoms with Crippen LogP contribution >= 0.6 is 0 Å². The van der Waals surface area contributed by atoms with Gasteiger partial charge in [-0.2, -0.15) is 0 Å². The molecule has 2 N–H and O–H groups in total. The number of nitrogens with zero attached hydrogens (tertiary/aromatic N) is 1. The molecule has 0 saturated carbocycles. The van der Waals surface area contributed by atoms with Crippen LogP contribution < -0.4 is 15.4 Å². The molecule has 21 heavy (non-hydrogen) atoms. The number of carbonyl (C=O) groups excluding carboxylic acids is 1. The molecule has 1 unspecified atom stereocenters. The predicted octanol–water partition coefficient (Wildman–Crippen LogP) is 0.320. The highest BCUT2D eigenvalue weighted by molar-refractivity contribution is 5.97. The Labute approximate surface area is 121 Å². The molecule has 0 aromatic heterocycles. The Morgan fingerprint density at radius 2 is 2.19 bits per heavy atom. The van der Waals surface area contributed by atoms with Crippen molar-refractivity contribution in [1.82, 2.24) is 10.6 Å². The Morgan fingerprint density at radius 3 is 2.81 bits per heavy atom. The van der Waals surface area contributed by atoms with E-state index in [1.54, 1.807) is 7.11 Å². The van der Waals surface area contributed by atoms with Crippen LogP contribution in [0.2, 0.25) is 0 Å². The number of hydrogen-bond donors (Lipinski definition) is 2. The lowest BCUT2D eigenvalue weighted by atomic mass is 10.1. The van der Waals surface area contributed by atoms with Crippen LogP contribution in [0.3, 0.4) is 0 Å². The lowest BCUT2D eigenvalue weighted by Gasteiger charge is -2.19. The third-order valence-corrected chi connectivity index (χ3v) is 3.42. The normalized spacial score (nSPS) is 21.0. The van der Waals surface area contributed by atoms with E-state index in [4.69, 9.17) is 9.47 Å². The molecule has 1 heterocycles. The second kappa shape index (κ2) is 6.51. The van der Waals surface area contributed by atoms with Gasteiger partial charge in [-0.05, 0) is 6.07 Å². The van der Waals surface area contributed by atoms with Gasteiger partial charge in [0.25, 0.3) is 11.6 Å². The van der Waals surface area contributed by atoms with Gasteiger partial charge in [-0.15, -0.1) is 0 Å². The van der Waals surface area contributed by atoms with Gasteiger partial charge in [0, 0.05) is 26.3 Å². The Bertz CT molecular complexity index is 549. The zero-order valence-electron chi connectivity index (χ0n) is 11.8. The molecule has 1 aromatic rings. The fourth-order valence-corrected chi connectivity index (χ4v) is 2.27. The molecule has 1 amide bonds. The highest BCUT2D eigenvalue weighted by Crippen LogP contribution is 2.24. The molecule has 2 rings (SSSR count). The minimum atomic E-state index is -0.536.